The van der Waals surface area contributed by atoms with Crippen molar-refractivity contribution in [3.8, 4) is 11.4 Å². The molecule has 3 aromatic rings. The molecule has 152 valence electrons. The molecular weight excluding hydrogens is 374 g/mol. The fraction of sp³-hybridized carbons (Fsp3) is 0.500. The molecule has 0 radical (unpaired) electrons. The van der Waals surface area contributed by atoms with Gasteiger partial charge >= 0.3 is 0 Å². The second-order valence-corrected chi connectivity index (χ2v) is 7.90. The van der Waals surface area contributed by atoms with Gasteiger partial charge in [0, 0.05) is 37.4 Å². The van der Waals surface area contributed by atoms with Gasteiger partial charge in [-0.15, -0.1) is 0 Å². The van der Waals surface area contributed by atoms with Gasteiger partial charge in [-0.05, 0) is 32.6 Å². The summed E-state index contributed by atoms with van der Waals surface area (Å²) in [6, 6.07) is 3.40. The van der Waals surface area contributed by atoms with Crippen LogP contribution in [0.4, 0.5) is 5.69 Å². The summed E-state index contributed by atoms with van der Waals surface area (Å²) in [5, 5.41) is 12.4. The van der Waals surface area contributed by atoms with Crippen LogP contribution in [0.25, 0.3) is 11.4 Å². The molecule has 0 aromatic carbocycles. The van der Waals surface area contributed by atoms with E-state index in [0.717, 1.165) is 36.9 Å². The molecule has 0 amide bonds. The van der Waals surface area contributed by atoms with Gasteiger partial charge in [0.1, 0.15) is 22.9 Å². The maximum Gasteiger partial charge on any atom is 0.269 e. The molecule has 9 nitrogen and oxygen atoms in total. The Bertz CT molecular complexity index is 1070. The summed E-state index contributed by atoms with van der Waals surface area (Å²) in [5.41, 5.74) is 2.56. The largest absolute Gasteiger partial charge is 0.374 e. The SMILES string of the molecule is Cc1cc(-c2noc(C)c2Cn2ncc(N3CC(OCC4CC4)C3)cc2=O)no1. The van der Waals surface area contributed by atoms with E-state index >= 15 is 0 Å². The van der Waals surface area contributed by atoms with Crippen LogP contribution in [0.1, 0.15) is 29.9 Å². The highest BCUT2D eigenvalue weighted by Gasteiger charge is 2.31. The van der Waals surface area contributed by atoms with Gasteiger partial charge in [-0.2, -0.15) is 5.10 Å². The number of aryl methyl sites for hydroxylation is 2. The van der Waals surface area contributed by atoms with Crippen LogP contribution in [0, 0.1) is 19.8 Å². The van der Waals surface area contributed by atoms with Crippen LogP contribution < -0.4 is 10.5 Å². The fourth-order valence-corrected chi connectivity index (χ4v) is 3.43. The average molecular weight is 397 g/mol. The Morgan fingerprint density at radius 1 is 1.17 bits per heavy atom. The van der Waals surface area contributed by atoms with Gasteiger partial charge in [-0.3, -0.25) is 4.79 Å². The molecule has 4 heterocycles. The van der Waals surface area contributed by atoms with Crippen LogP contribution in [0.2, 0.25) is 0 Å². The van der Waals surface area contributed by atoms with Crippen molar-refractivity contribution >= 4 is 5.69 Å². The summed E-state index contributed by atoms with van der Waals surface area (Å²) in [4.78, 5) is 14.8. The maximum atomic E-state index is 12.6. The monoisotopic (exact) mass is 397 g/mol. The van der Waals surface area contributed by atoms with Gasteiger partial charge in [0.15, 0.2) is 0 Å². The van der Waals surface area contributed by atoms with Gasteiger partial charge in [0.05, 0.1) is 24.5 Å². The van der Waals surface area contributed by atoms with E-state index in [4.69, 9.17) is 13.8 Å². The Morgan fingerprint density at radius 2 is 2.00 bits per heavy atom. The quantitative estimate of drug-likeness (QED) is 0.598. The van der Waals surface area contributed by atoms with E-state index < -0.39 is 0 Å². The van der Waals surface area contributed by atoms with Crippen molar-refractivity contribution in [3.63, 3.8) is 0 Å². The number of hydrogen-bond donors (Lipinski definition) is 0. The van der Waals surface area contributed by atoms with Crippen LogP contribution in [-0.4, -0.2) is 45.9 Å². The first-order chi connectivity index (χ1) is 14.1. The minimum Gasteiger partial charge on any atom is -0.374 e. The van der Waals surface area contributed by atoms with Gasteiger partial charge in [-0.1, -0.05) is 10.3 Å². The molecule has 5 rings (SSSR count). The van der Waals surface area contributed by atoms with E-state index in [-0.39, 0.29) is 18.2 Å². The molecule has 0 unspecified atom stereocenters. The molecule has 1 aliphatic heterocycles. The Balaban J connectivity index is 1.28. The van der Waals surface area contributed by atoms with E-state index in [2.05, 4.69) is 20.3 Å². The zero-order valence-corrected chi connectivity index (χ0v) is 16.5. The highest BCUT2D eigenvalue weighted by atomic mass is 16.5. The number of aromatic nitrogens is 4. The third-order valence-corrected chi connectivity index (χ3v) is 5.50. The summed E-state index contributed by atoms with van der Waals surface area (Å²) in [5.74, 6) is 2.07. The highest BCUT2D eigenvalue weighted by molar-refractivity contribution is 5.59. The Hall–Kier alpha value is -2.94. The molecule has 1 saturated carbocycles. The summed E-state index contributed by atoms with van der Waals surface area (Å²) in [7, 11) is 0. The predicted molar refractivity (Wildman–Crippen MR) is 104 cm³/mol. The van der Waals surface area contributed by atoms with Crippen LogP contribution in [0.5, 0.6) is 0 Å². The molecule has 3 aromatic heterocycles. The number of anilines is 1. The zero-order valence-electron chi connectivity index (χ0n) is 16.5. The zero-order chi connectivity index (χ0) is 20.0. The van der Waals surface area contributed by atoms with E-state index in [1.165, 1.54) is 17.5 Å². The lowest BCUT2D eigenvalue weighted by molar-refractivity contribution is 0.0278. The summed E-state index contributed by atoms with van der Waals surface area (Å²) in [6.07, 6.45) is 4.57. The molecule has 0 spiro atoms. The normalized spacial score (nSPS) is 17.0. The molecule has 29 heavy (non-hydrogen) atoms. The second kappa shape index (κ2) is 7.14. The Kier molecular flexibility index (Phi) is 4.46. The third-order valence-electron chi connectivity index (χ3n) is 5.50. The molecule has 1 aliphatic carbocycles. The molecule has 1 saturated heterocycles. The lowest BCUT2D eigenvalue weighted by Crippen LogP contribution is -2.53. The number of nitrogens with zero attached hydrogens (tertiary/aromatic N) is 5. The van der Waals surface area contributed by atoms with Crippen molar-refractivity contribution in [3.05, 3.63) is 45.8 Å². The number of rotatable bonds is 7. The standard InChI is InChI=1S/C20H23N5O4/c1-12-5-18(22-28-12)20-17(13(2)29-23-20)10-25-19(26)6-15(7-21-25)24-8-16(9-24)27-11-14-3-4-14/h5-7,14,16H,3-4,8-11H2,1-2H3. The molecule has 0 atom stereocenters. The van der Waals surface area contributed by atoms with Crippen LogP contribution in [-0.2, 0) is 11.3 Å². The van der Waals surface area contributed by atoms with Gasteiger partial charge in [-0.25, -0.2) is 4.68 Å². The first-order valence-electron chi connectivity index (χ1n) is 9.89. The summed E-state index contributed by atoms with van der Waals surface area (Å²) in [6.45, 7) is 6.34. The topological polar surface area (TPSA) is 99.4 Å². The first kappa shape index (κ1) is 18.1. The summed E-state index contributed by atoms with van der Waals surface area (Å²) < 4.78 is 17.7. The lowest BCUT2D eigenvalue weighted by atomic mass is 10.1. The van der Waals surface area contributed by atoms with Crippen LogP contribution >= 0.6 is 0 Å². The minimum atomic E-state index is -0.173. The minimum absolute atomic E-state index is 0.173. The molecule has 0 N–H and O–H groups in total. The van der Waals surface area contributed by atoms with Crippen molar-refractivity contribution in [2.24, 2.45) is 5.92 Å². The number of hydrogen-bond acceptors (Lipinski definition) is 8. The summed E-state index contributed by atoms with van der Waals surface area (Å²) >= 11 is 0. The molecule has 2 aliphatic rings. The second-order valence-electron chi connectivity index (χ2n) is 7.90. The Labute approximate surface area is 167 Å². The Morgan fingerprint density at radius 3 is 2.69 bits per heavy atom. The fourth-order valence-electron chi connectivity index (χ4n) is 3.43. The molecule has 2 fully saturated rings. The van der Waals surface area contributed by atoms with Crippen molar-refractivity contribution in [1.29, 1.82) is 0 Å². The molecular formula is C20H23N5O4. The first-order valence-corrected chi connectivity index (χ1v) is 9.89. The van der Waals surface area contributed by atoms with Gasteiger partial charge in [0.2, 0.25) is 0 Å². The molecule has 9 heteroatoms. The van der Waals surface area contributed by atoms with Gasteiger partial charge < -0.3 is 18.7 Å². The predicted octanol–water partition coefficient (Wildman–Crippen LogP) is 2.17. The van der Waals surface area contributed by atoms with Crippen molar-refractivity contribution in [1.82, 2.24) is 20.1 Å². The van der Waals surface area contributed by atoms with E-state index in [1.54, 1.807) is 25.3 Å². The third kappa shape index (κ3) is 3.69. The van der Waals surface area contributed by atoms with Crippen LogP contribution in [0.15, 0.2) is 32.2 Å². The van der Waals surface area contributed by atoms with Crippen LogP contribution in [0.3, 0.4) is 0 Å². The smallest absolute Gasteiger partial charge is 0.269 e. The lowest BCUT2D eigenvalue weighted by Gasteiger charge is -2.40. The molecule has 0 bridgehead atoms. The average Bonchev–Trinajstić information content (AvgIpc) is 3.29. The number of ether oxygens (including phenoxy) is 1. The highest BCUT2D eigenvalue weighted by Crippen LogP contribution is 2.30. The van der Waals surface area contributed by atoms with Crippen molar-refractivity contribution in [2.45, 2.75) is 39.3 Å². The van der Waals surface area contributed by atoms with E-state index in [9.17, 15) is 4.79 Å². The maximum absolute atomic E-state index is 12.6. The van der Waals surface area contributed by atoms with E-state index in [0.29, 0.717) is 22.9 Å². The van der Waals surface area contributed by atoms with Crippen molar-refractivity contribution in [2.75, 3.05) is 24.6 Å². The van der Waals surface area contributed by atoms with Gasteiger partial charge in [0.25, 0.3) is 5.56 Å². The van der Waals surface area contributed by atoms with Crippen molar-refractivity contribution < 1.29 is 13.8 Å². The van der Waals surface area contributed by atoms with E-state index in [1.807, 2.05) is 6.92 Å².